The van der Waals surface area contributed by atoms with E-state index in [1.54, 1.807) is 18.2 Å². The quantitative estimate of drug-likeness (QED) is 0.495. The molecule has 1 nitrogen and oxygen atoms in total. The first-order valence-electron chi connectivity index (χ1n) is 7.48. The summed E-state index contributed by atoms with van der Waals surface area (Å²) in [7, 11) is 0. The first-order valence-corrected chi connectivity index (χ1v) is 8.24. The van der Waals surface area contributed by atoms with Crippen LogP contribution in [0, 0.1) is 24.6 Å². The zero-order chi connectivity index (χ0) is 18.0. The number of hydrogen-bond donors (Lipinski definition) is 0. The molecule has 0 heterocycles. The van der Waals surface area contributed by atoms with Crippen molar-refractivity contribution in [3.8, 4) is 16.9 Å². The van der Waals surface area contributed by atoms with Gasteiger partial charge in [0.2, 0.25) is 0 Å². The van der Waals surface area contributed by atoms with Crippen LogP contribution in [0.1, 0.15) is 11.1 Å². The highest BCUT2D eigenvalue weighted by molar-refractivity contribution is 6.36. The van der Waals surface area contributed by atoms with E-state index in [0.717, 1.165) is 28.8 Å². The van der Waals surface area contributed by atoms with Gasteiger partial charge in [-0.1, -0.05) is 35.3 Å². The average molecular weight is 378 g/mol. The number of rotatable bonds is 4. The third-order valence-corrected chi connectivity index (χ3v) is 4.14. The summed E-state index contributed by atoms with van der Waals surface area (Å²) < 4.78 is 32.0. The number of aryl methyl sites for hydroxylation is 1. The predicted molar refractivity (Wildman–Crippen MR) is 96.2 cm³/mol. The fraction of sp³-hybridized carbons (Fsp3) is 0.100. The number of hydrogen-bond acceptors (Lipinski definition) is 1. The fourth-order valence-electron chi connectivity index (χ4n) is 2.41. The van der Waals surface area contributed by atoms with E-state index >= 15 is 0 Å². The zero-order valence-electron chi connectivity index (χ0n) is 13.2. The Morgan fingerprint density at radius 1 is 0.960 bits per heavy atom. The molecule has 3 aromatic carbocycles. The van der Waals surface area contributed by atoms with Crippen LogP contribution in [0.2, 0.25) is 10.0 Å². The van der Waals surface area contributed by atoms with Crippen LogP contribution in [0.5, 0.6) is 5.75 Å². The van der Waals surface area contributed by atoms with Crippen molar-refractivity contribution in [2.45, 2.75) is 13.5 Å². The smallest absolute Gasteiger partial charge is 0.159 e. The lowest BCUT2D eigenvalue weighted by atomic mass is 10.0. The Labute approximate surface area is 154 Å². The molecule has 0 saturated heterocycles. The molecule has 0 unspecified atom stereocenters. The molecule has 3 aromatic rings. The van der Waals surface area contributed by atoms with Crippen LogP contribution in [-0.4, -0.2) is 0 Å². The standard InChI is InChI=1S/C20H13Cl2F2O/c1-12-6-14(17-4-3-15(21)10-18(17)22)9-16(7-12)25-11-13-2-5-19(23)20(24)8-13/h2-5,7-10H,11H2,1H3. The minimum Gasteiger partial charge on any atom is -0.489 e. The van der Waals surface area contributed by atoms with Gasteiger partial charge in [0.25, 0.3) is 0 Å². The maximum absolute atomic E-state index is 13.3. The molecular formula is C20H13Cl2F2O. The first kappa shape index (κ1) is 17.7. The highest BCUT2D eigenvalue weighted by atomic mass is 35.5. The molecule has 0 spiro atoms. The number of ether oxygens (including phenoxy) is 1. The van der Waals surface area contributed by atoms with Crippen molar-refractivity contribution in [1.29, 1.82) is 0 Å². The maximum Gasteiger partial charge on any atom is 0.159 e. The summed E-state index contributed by atoms with van der Waals surface area (Å²) in [5, 5.41) is 1.07. The van der Waals surface area contributed by atoms with Crippen molar-refractivity contribution in [2.75, 3.05) is 0 Å². The summed E-state index contributed by atoms with van der Waals surface area (Å²) in [6, 6.07) is 15.7. The summed E-state index contributed by atoms with van der Waals surface area (Å²) in [6.07, 6.45) is 0. The Balaban J connectivity index is 1.85. The number of benzene rings is 3. The van der Waals surface area contributed by atoms with E-state index in [9.17, 15) is 8.78 Å². The predicted octanol–water partition coefficient (Wildman–Crippen LogP) is 6.63. The molecule has 0 aliphatic rings. The first-order chi connectivity index (χ1) is 11.9. The van der Waals surface area contributed by atoms with E-state index in [-0.39, 0.29) is 6.61 Å². The molecule has 25 heavy (non-hydrogen) atoms. The SMILES string of the molecule is Cc1[c]c(-c2ccc(Cl)cc2Cl)cc(OCc2ccc(F)c(F)c2)c1. The molecule has 3 rings (SSSR count). The van der Waals surface area contributed by atoms with Crippen LogP contribution in [-0.2, 0) is 6.61 Å². The van der Waals surface area contributed by atoms with Gasteiger partial charge < -0.3 is 4.74 Å². The molecular weight excluding hydrogens is 365 g/mol. The zero-order valence-corrected chi connectivity index (χ0v) is 14.8. The molecule has 0 bridgehead atoms. The fourth-order valence-corrected chi connectivity index (χ4v) is 2.92. The van der Waals surface area contributed by atoms with Crippen LogP contribution in [0.25, 0.3) is 11.1 Å². The van der Waals surface area contributed by atoms with Gasteiger partial charge in [-0.15, -0.1) is 0 Å². The molecule has 0 aliphatic carbocycles. The van der Waals surface area contributed by atoms with Gasteiger partial charge in [0.1, 0.15) is 12.4 Å². The second-order valence-electron chi connectivity index (χ2n) is 5.57. The Hall–Kier alpha value is -2.10. The number of halogens is 4. The van der Waals surface area contributed by atoms with Crippen molar-refractivity contribution in [3.63, 3.8) is 0 Å². The molecule has 1 radical (unpaired) electrons. The van der Waals surface area contributed by atoms with Crippen molar-refractivity contribution in [1.82, 2.24) is 0 Å². The van der Waals surface area contributed by atoms with Crippen molar-refractivity contribution >= 4 is 23.2 Å². The normalized spacial score (nSPS) is 10.8. The van der Waals surface area contributed by atoms with E-state index in [0.29, 0.717) is 21.4 Å². The van der Waals surface area contributed by atoms with Gasteiger partial charge in [-0.3, -0.25) is 0 Å². The van der Waals surface area contributed by atoms with Crippen LogP contribution in [0.4, 0.5) is 8.78 Å². The third kappa shape index (κ3) is 4.30. The van der Waals surface area contributed by atoms with Crippen molar-refractivity contribution < 1.29 is 13.5 Å². The molecule has 0 fully saturated rings. The minimum absolute atomic E-state index is 0.119. The molecule has 5 heteroatoms. The summed E-state index contributed by atoms with van der Waals surface area (Å²) in [6.45, 7) is 2.01. The van der Waals surface area contributed by atoms with Gasteiger partial charge in [-0.05, 0) is 66.1 Å². The van der Waals surface area contributed by atoms with Crippen LogP contribution < -0.4 is 4.74 Å². The van der Waals surface area contributed by atoms with Crippen molar-refractivity contribution in [3.05, 3.63) is 87.4 Å². The molecule has 0 amide bonds. The lowest BCUT2D eigenvalue weighted by Crippen LogP contribution is -1.98. The highest BCUT2D eigenvalue weighted by Gasteiger charge is 2.09. The van der Waals surface area contributed by atoms with Crippen LogP contribution >= 0.6 is 23.2 Å². The average Bonchev–Trinajstić information content (AvgIpc) is 2.55. The van der Waals surface area contributed by atoms with Gasteiger partial charge >= 0.3 is 0 Å². The van der Waals surface area contributed by atoms with Crippen LogP contribution in [0.15, 0.2) is 48.5 Å². The Morgan fingerprint density at radius 3 is 2.48 bits per heavy atom. The van der Waals surface area contributed by atoms with E-state index in [2.05, 4.69) is 6.07 Å². The Morgan fingerprint density at radius 2 is 1.76 bits per heavy atom. The monoisotopic (exact) mass is 377 g/mol. The van der Waals surface area contributed by atoms with Gasteiger partial charge in [0.15, 0.2) is 11.6 Å². The Kier molecular flexibility index (Phi) is 5.26. The summed E-state index contributed by atoms with van der Waals surface area (Å²) in [4.78, 5) is 0. The van der Waals surface area contributed by atoms with Crippen molar-refractivity contribution in [2.24, 2.45) is 0 Å². The van der Waals surface area contributed by atoms with E-state index in [4.69, 9.17) is 27.9 Å². The molecule has 0 atom stereocenters. The highest BCUT2D eigenvalue weighted by Crippen LogP contribution is 2.33. The van der Waals surface area contributed by atoms with Gasteiger partial charge in [-0.2, -0.15) is 0 Å². The molecule has 0 aromatic heterocycles. The lowest BCUT2D eigenvalue weighted by Gasteiger charge is -2.11. The second-order valence-corrected chi connectivity index (χ2v) is 6.42. The third-order valence-electron chi connectivity index (χ3n) is 3.59. The maximum atomic E-state index is 13.3. The molecule has 0 aliphatic heterocycles. The van der Waals surface area contributed by atoms with E-state index < -0.39 is 11.6 Å². The van der Waals surface area contributed by atoms with Crippen LogP contribution in [0.3, 0.4) is 0 Å². The topological polar surface area (TPSA) is 9.23 Å². The minimum atomic E-state index is -0.896. The van der Waals surface area contributed by atoms with E-state index in [1.807, 2.05) is 19.1 Å². The van der Waals surface area contributed by atoms with E-state index in [1.165, 1.54) is 6.07 Å². The lowest BCUT2D eigenvalue weighted by molar-refractivity contribution is 0.305. The molecule has 0 N–H and O–H groups in total. The van der Waals surface area contributed by atoms with Gasteiger partial charge in [-0.25, -0.2) is 8.78 Å². The second kappa shape index (κ2) is 7.42. The summed E-state index contributed by atoms with van der Waals surface area (Å²) in [5.74, 6) is -1.19. The van der Waals surface area contributed by atoms with Gasteiger partial charge in [0.05, 0.1) is 0 Å². The summed E-state index contributed by atoms with van der Waals surface area (Å²) >= 11 is 12.2. The summed E-state index contributed by atoms with van der Waals surface area (Å²) in [5.41, 5.74) is 2.95. The van der Waals surface area contributed by atoms with Gasteiger partial charge in [0, 0.05) is 15.6 Å². The molecule has 0 saturated carbocycles. The largest absolute Gasteiger partial charge is 0.489 e. The Bertz CT molecular complexity index is 926. The molecule has 127 valence electrons.